The van der Waals surface area contributed by atoms with Gasteiger partial charge in [0, 0.05) is 12.8 Å². The maximum absolute atomic E-state index is 12.3. The summed E-state index contributed by atoms with van der Waals surface area (Å²) in [5, 5.41) is 0. The summed E-state index contributed by atoms with van der Waals surface area (Å²) in [7, 11) is 0. The summed E-state index contributed by atoms with van der Waals surface area (Å²) in [4.78, 5) is 12.3. The Hall–Kier alpha value is -1.57. The van der Waals surface area contributed by atoms with E-state index in [2.05, 4.69) is 12.1 Å². The number of hydrogen-bond donors (Lipinski definition) is 0. The van der Waals surface area contributed by atoms with Gasteiger partial charge in [-0.1, -0.05) is 29.8 Å². The van der Waals surface area contributed by atoms with Gasteiger partial charge in [0.15, 0.2) is 0 Å². The minimum Gasteiger partial charge on any atom is -0.493 e. The minimum absolute atomic E-state index is 0.344. The monoisotopic (exact) mass is 270 g/mol. The Kier molecular flexibility index (Phi) is 4.19. The molecule has 20 heavy (non-hydrogen) atoms. The van der Waals surface area contributed by atoms with Crippen molar-refractivity contribution in [1.82, 2.24) is 0 Å². The van der Waals surface area contributed by atoms with Crippen LogP contribution in [-0.2, 0) is 4.79 Å². The van der Waals surface area contributed by atoms with Gasteiger partial charge in [-0.15, -0.1) is 0 Å². The number of rotatable bonds is 4. The van der Waals surface area contributed by atoms with Gasteiger partial charge in [0.05, 0.1) is 6.61 Å². The van der Waals surface area contributed by atoms with Gasteiger partial charge in [0.1, 0.15) is 11.5 Å². The second-order valence-electron chi connectivity index (χ2n) is 5.90. The highest BCUT2D eigenvalue weighted by Crippen LogP contribution is 2.36. The first-order valence-corrected chi connectivity index (χ1v) is 7.74. The van der Waals surface area contributed by atoms with Gasteiger partial charge >= 0.3 is 0 Å². The van der Waals surface area contributed by atoms with Crippen LogP contribution in [0.4, 0.5) is 0 Å². The van der Waals surface area contributed by atoms with Gasteiger partial charge in [-0.05, 0) is 49.7 Å². The van der Waals surface area contributed by atoms with Crippen molar-refractivity contribution in [2.75, 3.05) is 6.61 Å². The molecular formula is C18H22O2. The third-order valence-electron chi connectivity index (χ3n) is 4.37. The Morgan fingerprint density at radius 1 is 1.25 bits per heavy atom. The van der Waals surface area contributed by atoms with Crippen LogP contribution < -0.4 is 4.74 Å². The lowest BCUT2D eigenvalue weighted by Crippen LogP contribution is -2.17. The van der Waals surface area contributed by atoms with Crippen molar-refractivity contribution in [2.45, 2.75) is 50.9 Å². The van der Waals surface area contributed by atoms with Crippen LogP contribution in [0, 0.1) is 0 Å². The number of ether oxygens (including phenoxy) is 1. The van der Waals surface area contributed by atoms with Gasteiger partial charge in [-0.25, -0.2) is 0 Å². The molecule has 2 heteroatoms. The summed E-state index contributed by atoms with van der Waals surface area (Å²) in [5.74, 6) is 1.70. The molecule has 2 aliphatic rings. The molecule has 0 N–H and O–H groups in total. The standard InChI is InChI=1S/C18H22O2/c19-16(12-14-6-2-1-3-7-14)13-15-10-11-20-18-9-5-4-8-17(15)18/h4-6,8-9,15H,1-3,7,10-13H2. The van der Waals surface area contributed by atoms with Crippen LogP contribution in [0.1, 0.15) is 56.4 Å². The summed E-state index contributed by atoms with van der Waals surface area (Å²) in [6.45, 7) is 0.734. The Balaban J connectivity index is 1.63. The van der Waals surface area contributed by atoms with E-state index in [0.717, 1.165) is 31.6 Å². The van der Waals surface area contributed by atoms with E-state index in [1.807, 2.05) is 18.2 Å². The van der Waals surface area contributed by atoms with E-state index in [0.29, 0.717) is 24.5 Å². The van der Waals surface area contributed by atoms with Crippen molar-refractivity contribution in [3.63, 3.8) is 0 Å². The molecule has 2 nitrogen and oxygen atoms in total. The second kappa shape index (κ2) is 6.25. The molecule has 1 atom stereocenters. The van der Waals surface area contributed by atoms with Crippen LogP contribution in [0.15, 0.2) is 35.9 Å². The van der Waals surface area contributed by atoms with Crippen LogP contribution in [0.2, 0.25) is 0 Å². The Labute approximate surface area is 120 Å². The van der Waals surface area contributed by atoms with Gasteiger partial charge < -0.3 is 4.74 Å². The fourth-order valence-corrected chi connectivity index (χ4v) is 3.29. The third-order valence-corrected chi connectivity index (χ3v) is 4.37. The molecule has 0 radical (unpaired) electrons. The van der Waals surface area contributed by atoms with Gasteiger partial charge in [0.2, 0.25) is 0 Å². The molecule has 0 amide bonds. The first-order chi connectivity index (χ1) is 9.83. The van der Waals surface area contributed by atoms with Gasteiger partial charge in [-0.2, -0.15) is 0 Å². The Morgan fingerprint density at radius 2 is 2.15 bits per heavy atom. The minimum atomic E-state index is 0.344. The van der Waals surface area contributed by atoms with E-state index in [1.54, 1.807) is 0 Å². The predicted octanol–water partition coefficient (Wildman–Crippen LogP) is 4.40. The largest absolute Gasteiger partial charge is 0.493 e. The third kappa shape index (κ3) is 3.12. The van der Waals surface area contributed by atoms with E-state index in [4.69, 9.17) is 4.74 Å². The summed E-state index contributed by atoms with van der Waals surface area (Å²) in [6, 6.07) is 8.15. The molecule has 0 spiro atoms. The average molecular weight is 270 g/mol. The van der Waals surface area contributed by atoms with E-state index < -0.39 is 0 Å². The molecule has 1 heterocycles. The molecule has 1 aliphatic carbocycles. The molecule has 0 saturated carbocycles. The Morgan fingerprint density at radius 3 is 3.00 bits per heavy atom. The van der Waals surface area contributed by atoms with Crippen molar-refractivity contribution in [3.8, 4) is 5.75 Å². The van der Waals surface area contributed by atoms with Crippen molar-refractivity contribution >= 4 is 5.78 Å². The number of benzene rings is 1. The first kappa shape index (κ1) is 13.4. The Bertz CT molecular complexity index is 516. The fourth-order valence-electron chi connectivity index (χ4n) is 3.29. The van der Waals surface area contributed by atoms with Gasteiger partial charge in [0.25, 0.3) is 0 Å². The molecule has 106 valence electrons. The number of para-hydroxylation sites is 1. The fraction of sp³-hybridized carbons (Fsp3) is 0.500. The van der Waals surface area contributed by atoms with Crippen LogP contribution in [-0.4, -0.2) is 12.4 Å². The zero-order valence-electron chi connectivity index (χ0n) is 11.9. The van der Waals surface area contributed by atoms with Crippen LogP contribution >= 0.6 is 0 Å². The lowest BCUT2D eigenvalue weighted by Gasteiger charge is -2.25. The van der Waals surface area contributed by atoms with E-state index in [1.165, 1.54) is 24.0 Å². The summed E-state index contributed by atoms with van der Waals surface area (Å²) in [6.07, 6.45) is 9.38. The van der Waals surface area contributed by atoms with Crippen molar-refractivity contribution in [2.24, 2.45) is 0 Å². The predicted molar refractivity (Wildman–Crippen MR) is 80.1 cm³/mol. The van der Waals surface area contributed by atoms with Crippen molar-refractivity contribution in [3.05, 3.63) is 41.5 Å². The van der Waals surface area contributed by atoms with Crippen molar-refractivity contribution in [1.29, 1.82) is 0 Å². The molecule has 0 aromatic heterocycles. The summed E-state index contributed by atoms with van der Waals surface area (Å²) >= 11 is 0. The zero-order chi connectivity index (χ0) is 13.8. The molecule has 0 bridgehead atoms. The molecule has 0 saturated heterocycles. The highest BCUT2D eigenvalue weighted by atomic mass is 16.5. The van der Waals surface area contributed by atoms with Crippen LogP contribution in [0.5, 0.6) is 5.75 Å². The van der Waals surface area contributed by atoms with E-state index >= 15 is 0 Å². The lowest BCUT2D eigenvalue weighted by molar-refractivity contribution is -0.119. The SMILES string of the molecule is O=C(CC1=CCCCC1)CC1CCOc2ccccc21. The van der Waals surface area contributed by atoms with Crippen LogP contribution in [0.3, 0.4) is 0 Å². The molecule has 1 aromatic carbocycles. The number of carbonyl (C=O) groups is 1. The number of carbonyl (C=O) groups excluding carboxylic acids is 1. The molecule has 1 aliphatic heterocycles. The quantitative estimate of drug-likeness (QED) is 0.758. The molecular weight excluding hydrogens is 248 g/mol. The number of hydrogen-bond acceptors (Lipinski definition) is 2. The average Bonchev–Trinajstić information content (AvgIpc) is 2.48. The molecule has 1 unspecified atom stereocenters. The van der Waals surface area contributed by atoms with Gasteiger partial charge in [-0.3, -0.25) is 4.79 Å². The van der Waals surface area contributed by atoms with Crippen molar-refractivity contribution < 1.29 is 9.53 Å². The highest BCUT2D eigenvalue weighted by molar-refractivity contribution is 5.81. The summed E-state index contributed by atoms with van der Waals surface area (Å²) < 4.78 is 5.66. The molecule has 0 fully saturated rings. The maximum atomic E-state index is 12.3. The lowest BCUT2D eigenvalue weighted by atomic mass is 9.86. The molecule has 1 aromatic rings. The number of ketones is 1. The smallest absolute Gasteiger partial charge is 0.137 e. The zero-order valence-corrected chi connectivity index (χ0v) is 11.9. The molecule has 3 rings (SSSR count). The number of allylic oxidation sites excluding steroid dienone is 2. The number of fused-ring (bicyclic) bond motifs is 1. The maximum Gasteiger partial charge on any atom is 0.137 e. The van der Waals surface area contributed by atoms with E-state index in [9.17, 15) is 4.79 Å². The highest BCUT2D eigenvalue weighted by Gasteiger charge is 2.23. The van der Waals surface area contributed by atoms with E-state index in [-0.39, 0.29) is 0 Å². The number of Topliss-reactive ketones (excluding diaryl/α,β-unsaturated/α-hetero) is 1. The first-order valence-electron chi connectivity index (χ1n) is 7.74. The second-order valence-corrected chi connectivity index (χ2v) is 5.90. The normalized spacial score (nSPS) is 21.6. The summed E-state index contributed by atoms with van der Waals surface area (Å²) in [5.41, 5.74) is 2.58. The topological polar surface area (TPSA) is 26.3 Å². The van der Waals surface area contributed by atoms with Crippen LogP contribution in [0.25, 0.3) is 0 Å².